The number of esters is 1. The van der Waals surface area contributed by atoms with E-state index in [1.165, 1.54) is 7.11 Å². The topological polar surface area (TPSA) is 117 Å². The molecule has 9 nitrogen and oxygen atoms in total. The Bertz CT molecular complexity index is 1290. The fourth-order valence-electron chi connectivity index (χ4n) is 6.63. The van der Waals surface area contributed by atoms with Gasteiger partial charge in [-0.1, -0.05) is 53.2 Å². The van der Waals surface area contributed by atoms with Gasteiger partial charge >= 0.3 is 5.97 Å². The van der Waals surface area contributed by atoms with Crippen LogP contribution in [0.25, 0.3) is 0 Å². The normalized spacial score (nSPS) is 23.4. The molecule has 2 amide bonds. The fraction of sp³-hybridized carbons (Fsp3) is 0.516. The Hall–Kier alpha value is -2.57. The van der Waals surface area contributed by atoms with Gasteiger partial charge in [-0.25, -0.2) is 0 Å². The van der Waals surface area contributed by atoms with Crippen molar-refractivity contribution < 1.29 is 33.8 Å². The monoisotopic (exact) mass is 660 g/mol. The number of amides is 2. The summed E-state index contributed by atoms with van der Waals surface area (Å²) in [4.78, 5) is 54.5. The number of hydrogen-bond donors (Lipinski definition) is 2. The zero-order valence-corrected chi connectivity index (χ0v) is 27.3. The molecular weight excluding hydrogens is 620 g/mol. The molecule has 2 aliphatic heterocycles. The van der Waals surface area contributed by atoms with Crippen LogP contribution < -0.4 is 4.90 Å². The van der Waals surface area contributed by atoms with Gasteiger partial charge in [-0.3, -0.25) is 14.4 Å². The number of nitrogens with zero attached hydrogens (tertiary/aromatic N) is 2. The third-order valence-corrected chi connectivity index (χ3v) is 11.5. The number of hydrogen-bond acceptors (Lipinski definition) is 7. The molecule has 0 bridgehead atoms. The lowest BCUT2D eigenvalue weighted by atomic mass is 9.82. The molecule has 2 N–H and O–H groups in total. The van der Waals surface area contributed by atoms with E-state index in [0.717, 1.165) is 21.3 Å². The Morgan fingerprint density at radius 1 is 1.17 bits per heavy atom. The summed E-state index contributed by atoms with van der Waals surface area (Å²) in [5.41, 5.74) is 0.645. The van der Waals surface area contributed by atoms with E-state index in [4.69, 9.17) is 9.47 Å². The van der Waals surface area contributed by atoms with Gasteiger partial charge in [0.05, 0.1) is 31.9 Å². The average molecular weight is 662 g/mol. The second-order valence-corrected chi connectivity index (χ2v) is 16.6. The lowest BCUT2D eigenvalue weighted by Gasteiger charge is -2.32. The van der Waals surface area contributed by atoms with Crippen LogP contribution in [-0.4, -0.2) is 73.8 Å². The number of fused-ring (bicyclic) bond motifs is 2. The molecule has 1 spiro atoms. The number of halogens is 1. The summed E-state index contributed by atoms with van der Waals surface area (Å²) in [5, 5.41) is 9.71. The fourth-order valence-corrected chi connectivity index (χ4v) is 9.55. The van der Waals surface area contributed by atoms with Crippen LogP contribution in [0, 0.1) is 5.92 Å². The molecule has 0 aliphatic carbocycles. The highest BCUT2D eigenvalue weighted by atomic mass is 79.9. The Morgan fingerprint density at radius 3 is 2.52 bits per heavy atom. The highest BCUT2D eigenvalue weighted by molar-refractivity contribution is 9.10. The van der Waals surface area contributed by atoms with Crippen LogP contribution in [0.4, 0.5) is 5.69 Å². The summed E-state index contributed by atoms with van der Waals surface area (Å²) in [7, 11) is -1.59. The molecule has 2 aromatic rings. The number of anilines is 1. The van der Waals surface area contributed by atoms with E-state index in [1.54, 1.807) is 9.80 Å². The molecule has 4 atom stereocenters. The minimum atomic E-state index is -2.95. The Labute approximate surface area is 257 Å². The van der Waals surface area contributed by atoms with Gasteiger partial charge in [0, 0.05) is 47.6 Å². The smallest absolute Gasteiger partial charge is 0.305 e. The molecule has 0 saturated carbocycles. The number of benzene rings is 2. The van der Waals surface area contributed by atoms with Crippen LogP contribution >= 0.6 is 15.9 Å². The summed E-state index contributed by atoms with van der Waals surface area (Å²) in [6.45, 7) is 6.33. The molecular formula is C31H41BrN2O7Si. The van der Waals surface area contributed by atoms with Crippen molar-refractivity contribution in [1.29, 1.82) is 0 Å². The van der Waals surface area contributed by atoms with Crippen LogP contribution in [-0.2, 0) is 36.0 Å². The summed E-state index contributed by atoms with van der Waals surface area (Å²) in [6.07, 6.45) is 0.738. The van der Waals surface area contributed by atoms with Crippen LogP contribution in [0.5, 0.6) is 0 Å². The molecule has 2 aliphatic rings. The molecule has 1 saturated heterocycles. The third kappa shape index (κ3) is 6.50. The maximum absolute atomic E-state index is 14.4. The van der Waals surface area contributed by atoms with E-state index in [0.29, 0.717) is 25.9 Å². The van der Waals surface area contributed by atoms with Gasteiger partial charge in [0.25, 0.3) is 5.91 Å². The Kier molecular flexibility index (Phi) is 10.3. The van der Waals surface area contributed by atoms with Gasteiger partial charge < -0.3 is 29.2 Å². The maximum Gasteiger partial charge on any atom is 0.305 e. The molecule has 228 valence electrons. The number of methoxy groups -OCH3 is 1. The number of rotatable bonds is 12. The predicted molar refractivity (Wildman–Crippen MR) is 165 cm³/mol. The first-order chi connectivity index (χ1) is 19.9. The van der Waals surface area contributed by atoms with Crippen molar-refractivity contribution in [3.63, 3.8) is 0 Å². The van der Waals surface area contributed by atoms with Crippen molar-refractivity contribution in [2.24, 2.45) is 5.92 Å². The number of ether oxygens (including phenoxy) is 2. The zero-order valence-electron chi connectivity index (χ0n) is 24.7. The molecule has 4 rings (SSSR count). The molecule has 42 heavy (non-hydrogen) atoms. The Morgan fingerprint density at radius 2 is 1.88 bits per heavy atom. The van der Waals surface area contributed by atoms with E-state index in [2.05, 4.69) is 15.9 Å². The van der Waals surface area contributed by atoms with Crippen molar-refractivity contribution in [3.8, 4) is 0 Å². The first-order valence-electron chi connectivity index (χ1n) is 14.5. The van der Waals surface area contributed by atoms with Crippen LogP contribution in [0.2, 0.25) is 18.6 Å². The lowest BCUT2D eigenvalue weighted by Crippen LogP contribution is -2.46. The highest BCUT2D eigenvalue weighted by Gasteiger charge is 2.66. The van der Waals surface area contributed by atoms with Crippen molar-refractivity contribution in [2.75, 3.05) is 31.7 Å². The quantitative estimate of drug-likeness (QED) is 0.198. The van der Waals surface area contributed by atoms with Crippen LogP contribution in [0.1, 0.15) is 43.7 Å². The first-order valence-corrected chi connectivity index (χ1v) is 18.3. The van der Waals surface area contributed by atoms with E-state index < -0.39 is 31.5 Å². The van der Waals surface area contributed by atoms with E-state index in [-0.39, 0.29) is 43.8 Å². The van der Waals surface area contributed by atoms with Gasteiger partial charge in [-0.2, -0.15) is 0 Å². The summed E-state index contributed by atoms with van der Waals surface area (Å²) in [6, 6.07) is 15.2. The number of carbonyl (C=O) groups excluding carboxylic acids is 3. The standard InChI is InChI=1S/C31H41BrN2O7Si/c1-21-29(42(3,4)39)26(19-27(36)33(16-17-35)20-22-10-6-5-7-11-22)41-31(21)24-18-23(32)13-14-25(24)34(30(31)38)15-9-8-12-28(37)40-2/h5-7,10-11,13-14,18,21,26,29,35,39H,8-9,12,15-17,19-20H2,1-4H3/t21-,26+,29-,31+/m0/s1. The number of aliphatic hydroxyl groups is 1. The lowest BCUT2D eigenvalue weighted by molar-refractivity contribution is -0.150. The van der Waals surface area contributed by atoms with E-state index >= 15 is 0 Å². The average Bonchev–Trinajstić information content (AvgIpc) is 3.37. The predicted octanol–water partition coefficient (Wildman–Crippen LogP) is 4.35. The summed E-state index contributed by atoms with van der Waals surface area (Å²) < 4.78 is 12.3. The maximum atomic E-state index is 14.4. The number of aliphatic hydroxyl groups excluding tert-OH is 1. The molecule has 11 heteroatoms. The van der Waals surface area contributed by atoms with Gasteiger partial charge in [-0.05, 0) is 49.7 Å². The minimum Gasteiger partial charge on any atom is -0.469 e. The number of unbranched alkanes of at least 4 members (excludes halogenated alkanes) is 1. The minimum absolute atomic E-state index is 0.0175. The van der Waals surface area contributed by atoms with Gasteiger partial charge in [-0.15, -0.1) is 0 Å². The largest absolute Gasteiger partial charge is 0.469 e. The molecule has 0 radical (unpaired) electrons. The van der Waals surface area contributed by atoms with Crippen molar-refractivity contribution in [1.82, 2.24) is 4.90 Å². The number of carbonyl (C=O) groups is 3. The second kappa shape index (κ2) is 13.4. The molecule has 1 fully saturated rings. The van der Waals surface area contributed by atoms with Crippen LogP contribution in [0.15, 0.2) is 53.0 Å². The second-order valence-electron chi connectivity index (χ2n) is 11.7. The summed E-state index contributed by atoms with van der Waals surface area (Å²) >= 11 is 3.56. The summed E-state index contributed by atoms with van der Waals surface area (Å²) in [5.74, 6) is -1.10. The third-order valence-electron chi connectivity index (χ3n) is 8.50. The van der Waals surface area contributed by atoms with Gasteiger partial charge in [0.15, 0.2) is 13.9 Å². The van der Waals surface area contributed by atoms with Crippen LogP contribution in [0.3, 0.4) is 0 Å². The SMILES string of the molecule is COC(=O)CCCCN1C(=O)[C@]2(O[C@H](CC(=O)N(CCO)Cc3ccccc3)[C@@H]([Si](C)(C)O)[C@@H]2C)c2cc(Br)ccc21. The van der Waals surface area contributed by atoms with E-state index in [9.17, 15) is 24.3 Å². The molecule has 0 aromatic heterocycles. The highest BCUT2D eigenvalue weighted by Crippen LogP contribution is 2.60. The van der Waals surface area contributed by atoms with Crippen molar-refractivity contribution in [2.45, 2.75) is 69.5 Å². The Balaban J connectivity index is 1.64. The van der Waals surface area contributed by atoms with Crippen molar-refractivity contribution >= 4 is 47.7 Å². The first kappa shape index (κ1) is 32.3. The molecule has 0 unspecified atom stereocenters. The van der Waals surface area contributed by atoms with Gasteiger partial charge in [0.2, 0.25) is 5.91 Å². The van der Waals surface area contributed by atoms with Crippen molar-refractivity contribution in [3.05, 3.63) is 64.1 Å². The molecule has 2 aromatic carbocycles. The molecule has 2 heterocycles. The van der Waals surface area contributed by atoms with Gasteiger partial charge in [0.1, 0.15) is 0 Å². The van der Waals surface area contributed by atoms with E-state index in [1.807, 2.05) is 68.5 Å². The zero-order chi connectivity index (χ0) is 30.7.